The third kappa shape index (κ3) is 4.47. The monoisotopic (exact) mass is 318 g/mol. The molecule has 112 valence electrons. The average molecular weight is 319 g/mol. The van der Waals surface area contributed by atoms with E-state index in [4.69, 9.17) is 21.6 Å². The Bertz CT molecular complexity index is 711. The van der Waals surface area contributed by atoms with Gasteiger partial charge in [-0.25, -0.2) is 4.39 Å². The van der Waals surface area contributed by atoms with Crippen LogP contribution in [-0.2, 0) is 11.3 Å². The quantitative estimate of drug-likeness (QED) is 0.921. The molecule has 4 nitrogen and oxygen atoms in total. The van der Waals surface area contributed by atoms with Crippen molar-refractivity contribution >= 4 is 17.5 Å². The van der Waals surface area contributed by atoms with Gasteiger partial charge in [-0.1, -0.05) is 23.7 Å². The standard InChI is InChI=1S/C16H12ClFN2O2/c17-14-7-12(8-19)3-6-15(14)22-10-16(21)20-9-11-1-4-13(18)5-2-11/h1-7H,9-10H2,(H,20,21). The summed E-state index contributed by atoms with van der Waals surface area (Å²) >= 11 is 5.94. The summed E-state index contributed by atoms with van der Waals surface area (Å²) in [6.07, 6.45) is 0. The SMILES string of the molecule is N#Cc1ccc(OCC(=O)NCc2ccc(F)cc2)c(Cl)c1. The minimum Gasteiger partial charge on any atom is -0.482 e. The van der Waals surface area contributed by atoms with Crippen LogP contribution in [0.4, 0.5) is 4.39 Å². The first-order valence-corrected chi connectivity index (χ1v) is 6.80. The van der Waals surface area contributed by atoms with Gasteiger partial charge < -0.3 is 10.1 Å². The summed E-state index contributed by atoms with van der Waals surface area (Å²) in [5.41, 5.74) is 1.20. The summed E-state index contributed by atoms with van der Waals surface area (Å²) in [4.78, 5) is 11.7. The molecule has 2 rings (SSSR count). The fourth-order valence-electron chi connectivity index (χ4n) is 1.68. The van der Waals surface area contributed by atoms with E-state index in [0.29, 0.717) is 11.3 Å². The highest BCUT2D eigenvalue weighted by Crippen LogP contribution is 2.25. The fourth-order valence-corrected chi connectivity index (χ4v) is 1.92. The molecule has 0 saturated heterocycles. The number of benzene rings is 2. The number of hydrogen-bond acceptors (Lipinski definition) is 3. The Kier molecular flexibility index (Phi) is 5.34. The number of carbonyl (C=O) groups excluding carboxylic acids is 1. The Morgan fingerprint density at radius 2 is 2.00 bits per heavy atom. The van der Waals surface area contributed by atoms with E-state index < -0.39 is 0 Å². The molecular formula is C16H12ClFN2O2. The van der Waals surface area contributed by atoms with Crippen molar-refractivity contribution in [2.75, 3.05) is 6.61 Å². The molecule has 0 aromatic heterocycles. The van der Waals surface area contributed by atoms with E-state index in [-0.39, 0.29) is 29.9 Å². The molecule has 0 aliphatic rings. The van der Waals surface area contributed by atoms with Gasteiger partial charge in [0.15, 0.2) is 6.61 Å². The molecule has 2 aromatic rings. The number of ether oxygens (including phenoxy) is 1. The lowest BCUT2D eigenvalue weighted by Gasteiger charge is -2.09. The van der Waals surface area contributed by atoms with E-state index in [0.717, 1.165) is 5.56 Å². The van der Waals surface area contributed by atoms with Crippen molar-refractivity contribution < 1.29 is 13.9 Å². The molecule has 0 bridgehead atoms. The lowest BCUT2D eigenvalue weighted by molar-refractivity contribution is -0.123. The predicted octanol–water partition coefficient (Wildman–Crippen LogP) is 3.05. The first-order chi connectivity index (χ1) is 10.6. The smallest absolute Gasteiger partial charge is 0.258 e. The number of rotatable bonds is 5. The van der Waals surface area contributed by atoms with Crippen LogP contribution < -0.4 is 10.1 Å². The summed E-state index contributed by atoms with van der Waals surface area (Å²) in [5.74, 6) is -0.323. The molecule has 0 spiro atoms. The second kappa shape index (κ2) is 7.43. The van der Waals surface area contributed by atoms with Crippen LogP contribution in [0.5, 0.6) is 5.75 Å². The number of nitrogens with one attached hydrogen (secondary N) is 1. The van der Waals surface area contributed by atoms with Gasteiger partial charge in [0.25, 0.3) is 5.91 Å². The normalized spacial score (nSPS) is 9.86. The highest BCUT2D eigenvalue weighted by molar-refractivity contribution is 6.32. The number of amides is 1. The van der Waals surface area contributed by atoms with Crippen molar-refractivity contribution in [1.82, 2.24) is 5.32 Å². The molecule has 22 heavy (non-hydrogen) atoms. The van der Waals surface area contributed by atoms with E-state index in [1.54, 1.807) is 18.2 Å². The average Bonchev–Trinajstić information content (AvgIpc) is 2.53. The highest BCUT2D eigenvalue weighted by Gasteiger charge is 2.07. The fraction of sp³-hybridized carbons (Fsp3) is 0.125. The molecule has 0 fully saturated rings. The molecule has 0 atom stereocenters. The van der Waals surface area contributed by atoms with Crippen LogP contribution in [0.25, 0.3) is 0 Å². The Hall–Kier alpha value is -2.58. The summed E-state index contributed by atoms with van der Waals surface area (Å²) in [7, 11) is 0. The van der Waals surface area contributed by atoms with Crippen molar-refractivity contribution in [3.63, 3.8) is 0 Å². The van der Waals surface area contributed by atoms with Gasteiger partial charge in [0.2, 0.25) is 0 Å². The summed E-state index contributed by atoms with van der Waals surface area (Å²) in [6, 6.07) is 12.3. The predicted molar refractivity (Wildman–Crippen MR) is 79.9 cm³/mol. The summed E-state index contributed by atoms with van der Waals surface area (Å²) in [5, 5.41) is 11.6. The molecule has 6 heteroatoms. The minimum absolute atomic E-state index is 0.202. The maximum absolute atomic E-state index is 12.7. The van der Waals surface area contributed by atoms with Crippen molar-refractivity contribution in [3.8, 4) is 11.8 Å². The van der Waals surface area contributed by atoms with Crippen LogP contribution in [0.3, 0.4) is 0 Å². The Balaban J connectivity index is 1.83. The van der Waals surface area contributed by atoms with E-state index in [2.05, 4.69) is 5.32 Å². The molecule has 0 aliphatic carbocycles. The molecule has 0 radical (unpaired) electrons. The molecule has 0 heterocycles. The van der Waals surface area contributed by atoms with Gasteiger partial charge in [-0.3, -0.25) is 4.79 Å². The molecule has 1 amide bonds. The Labute approximate surface area is 132 Å². The molecule has 1 N–H and O–H groups in total. The first kappa shape index (κ1) is 15.8. The number of carbonyl (C=O) groups is 1. The first-order valence-electron chi connectivity index (χ1n) is 6.42. The van der Waals surface area contributed by atoms with Crippen molar-refractivity contribution in [1.29, 1.82) is 5.26 Å². The molecule has 0 unspecified atom stereocenters. The van der Waals surface area contributed by atoms with E-state index >= 15 is 0 Å². The van der Waals surface area contributed by atoms with Crippen LogP contribution in [-0.4, -0.2) is 12.5 Å². The van der Waals surface area contributed by atoms with Crippen molar-refractivity contribution in [3.05, 3.63) is 64.4 Å². The zero-order valence-electron chi connectivity index (χ0n) is 11.5. The molecule has 0 aliphatic heterocycles. The number of nitrogens with zero attached hydrogens (tertiary/aromatic N) is 1. The third-order valence-corrected chi connectivity index (χ3v) is 3.12. The topological polar surface area (TPSA) is 62.1 Å². The summed E-state index contributed by atoms with van der Waals surface area (Å²) in [6.45, 7) is 0.0798. The van der Waals surface area contributed by atoms with Crippen LogP contribution >= 0.6 is 11.6 Å². The Morgan fingerprint density at radius 3 is 2.64 bits per heavy atom. The van der Waals surface area contributed by atoms with Crippen LogP contribution in [0.1, 0.15) is 11.1 Å². The van der Waals surface area contributed by atoms with Gasteiger partial charge in [0.05, 0.1) is 16.7 Å². The number of nitriles is 1. The largest absolute Gasteiger partial charge is 0.482 e. The molecule has 0 saturated carbocycles. The molecular weight excluding hydrogens is 307 g/mol. The number of halogens is 2. The second-order valence-corrected chi connectivity index (χ2v) is 4.86. The van der Waals surface area contributed by atoms with Crippen molar-refractivity contribution in [2.24, 2.45) is 0 Å². The lowest BCUT2D eigenvalue weighted by Crippen LogP contribution is -2.28. The van der Waals surface area contributed by atoms with E-state index in [1.807, 2.05) is 6.07 Å². The highest BCUT2D eigenvalue weighted by atomic mass is 35.5. The third-order valence-electron chi connectivity index (χ3n) is 2.82. The van der Waals surface area contributed by atoms with Gasteiger partial charge >= 0.3 is 0 Å². The molecule has 2 aromatic carbocycles. The van der Waals surface area contributed by atoms with Gasteiger partial charge in [0, 0.05) is 6.54 Å². The maximum atomic E-state index is 12.7. The van der Waals surface area contributed by atoms with Crippen LogP contribution in [0.15, 0.2) is 42.5 Å². The maximum Gasteiger partial charge on any atom is 0.258 e. The van der Waals surface area contributed by atoms with Gasteiger partial charge in [0.1, 0.15) is 11.6 Å². The van der Waals surface area contributed by atoms with E-state index in [9.17, 15) is 9.18 Å². The van der Waals surface area contributed by atoms with Crippen molar-refractivity contribution in [2.45, 2.75) is 6.54 Å². The van der Waals surface area contributed by atoms with E-state index in [1.165, 1.54) is 24.3 Å². The number of hydrogen-bond donors (Lipinski definition) is 1. The van der Waals surface area contributed by atoms with Gasteiger partial charge in [-0.15, -0.1) is 0 Å². The van der Waals surface area contributed by atoms with Gasteiger partial charge in [-0.05, 0) is 35.9 Å². The van der Waals surface area contributed by atoms with Gasteiger partial charge in [-0.2, -0.15) is 5.26 Å². The lowest BCUT2D eigenvalue weighted by atomic mass is 10.2. The zero-order chi connectivity index (χ0) is 15.9. The van der Waals surface area contributed by atoms with Crippen LogP contribution in [0.2, 0.25) is 5.02 Å². The Morgan fingerprint density at radius 1 is 1.27 bits per heavy atom. The second-order valence-electron chi connectivity index (χ2n) is 4.45. The minimum atomic E-state index is -0.329. The zero-order valence-corrected chi connectivity index (χ0v) is 12.2. The summed E-state index contributed by atoms with van der Waals surface area (Å²) < 4.78 is 18.0. The van der Waals surface area contributed by atoms with Crippen LogP contribution in [0, 0.1) is 17.1 Å².